The van der Waals surface area contributed by atoms with Crippen molar-refractivity contribution >= 4 is 23.4 Å². The molecule has 3 heterocycles. The summed E-state index contributed by atoms with van der Waals surface area (Å²) in [5.41, 5.74) is -0.415. The Morgan fingerprint density at radius 2 is 1.79 bits per heavy atom. The normalized spacial score (nSPS) is 24.8. The molecule has 1 aromatic rings. The molecular weight excluding hydrogens is 456 g/mol. The van der Waals surface area contributed by atoms with Crippen molar-refractivity contribution in [2.75, 3.05) is 85.8 Å². The van der Waals surface area contributed by atoms with Crippen LogP contribution in [0.2, 0.25) is 5.02 Å². The van der Waals surface area contributed by atoms with Crippen molar-refractivity contribution < 1.29 is 19.1 Å². The van der Waals surface area contributed by atoms with Crippen molar-refractivity contribution in [1.29, 1.82) is 0 Å². The lowest BCUT2D eigenvalue weighted by atomic mass is 9.77. The van der Waals surface area contributed by atoms with Crippen molar-refractivity contribution in [2.45, 2.75) is 19.3 Å². The summed E-state index contributed by atoms with van der Waals surface area (Å²) in [5.74, 6) is 0.974. The second-order valence-corrected chi connectivity index (χ2v) is 10.4. The Hall–Kier alpha value is -1.87. The highest BCUT2D eigenvalue weighted by Crippen LogP contribution is 2.36. The fourth-order valence-corrected chi connectivity index (χ4v) is 5.25. The van der Waals surface area contributed by atoms with Crippen LogP contribution in [0.25, 0.3) is 0 Å². The Morgan fingerprint density at radius 3 is 2.53 bits per heavy atom. The lowest BCUT2D eigenvalue weighted by Crippen LogP contribution is -2.54. The highest BCUT2D eigenvalue weighted by molar-refractivity contribution is 6.30. The van der Waals surface area contributed by atoms with Gasteiger partial charge in [0.2, 0.25) is 11.8 Å². The molecule has 3 aliphatic heterocycles. The molecule has 1 aromatic carbocycles. The van der Waals surface area contributed by atoms with E-state index in [-0.39, 0.29) is 11.8 Å². The predicted molar refractivity (Wildman–Crippen MR) is 131 cm³/mol. The maximum atomic E-state index is 13.3. The van der Waals surface area contributed by atoms with E-state index in [9.17, 15) is 9.59 Å². The van der Waals surface area contributed by atoms with E-state index >= 15 is 0 Å². The first-order valence-corrected chi connectivity index (χ1v) is 12.7. The van der Waals surface area contributed by atoms with Gasteiger partial charge in [0.05, 0.1) is 26.4 Å². The number of likely N-dealkylation sites (tertiary alicyclic amines) is 1. The maximum absolute atomic E-state index is 13.3. The standard InChI is InChI=1S/C25H37ClN4O4/c1-27-8-10-29(11-9-27)23(31)17-25(20-34-22-5-2-4-21(26)16-22)6-3-7-30(19-25)24(32)18-28-12-14-33-15-13-28/h2,4-5,16H,3,6-15,17-20H2,1H3/t25-/m1/s1. The minimum atomic E-state index is -0.415. The van der Waals surface area contributed by atoms with Gasteiger partial charge >= 0.3 is 0 Å². The second kappa shape index (κ2) is 11.7. The third-order valence-corrected chi connectivity index (χ3v) is 7.44. The number of hydrogen-bond acceptors (Lipinski definition) is 6. The van der Waals surface area contributed by atoms with Gasteiger partial charge in [-0.15, -0.1) is 0 Å². The van der Waals surface area contributed by atoms with Crippen LogP contribution in [0.1, 0.15) is 19.3 Å². The maximum Gasteiger partial charge on any atom is 0.236 e. The van der Waals surface area contributed by atoms with E-state index < -0.39 is 5.41 Å². The molecule has 2 amide bonds. The van der Waals surface area contributed by atoms with Crippen LogP contribution in [-0.4, -0.2) is 117 Å². The minimum absolute atomic E-state index is 0.126. The first-order chi connectivity index (χ1) is 16.4. The molecule has 0 saturated carbocycles. The zero-order valence-electron chi connectivity index (χ0n) is 20.2. The SMILES string of the molecule is CN1CCN(C(=O)C[C@]2(COc3cccc(Cl)c3)CCCN(C(=O)CN3CCOCC3)C2)CC1. The molecule has 8 nitrogen and oxygen atoms in total. The van der Waals surface area contributed by atoms with Gasteiger partial charge < -0.3 is 24.2 Å². The van der Waals surface area contributed by atoms with Gasteiger partial charge in [-0.3, -0.25) is 14.5 Å². The highest BCUT2D eigenvalue weighted by atomic mass is 35.5. The molecular formula is C25H37ClN4O4. The molecule has 0 radical (unpaired) electrons. The molecule has 0 aromatic heterocycles. The Bertz CT molecular complexity index is 842. The zero-order chi connectivity index (χ0) is 24.0. The number of piperidine rings is 1. The quantitative estimate of drug-likeness (QED) is 0.578. The van der Waals surface area contributed by atoms with E-state index in [1.807, 2.05) is 28.0 Å². The van der Waals surface area contributed by atoms with Gasteiger partial charge in [-0.05, 0) is 38.1 Å². The van der Waals surface area contributed by atoms with Crippen molar-refractivity contribution in [3.05, 3.63) is 29.3 Å². The number of amides is 2. The molecule has 0 bridgehead atoms. The fraction of sp³-hybridized carbons (Fsp3) is 0.680. The van der Waals surface area contributed by atoms with Gasteiger partial charge in [-0.25, -0.2) is 0 Å². The summed E-state index contributed by atoms with van der Waals surface area (Å²) in [6.07, 6.45) is 2.11. The van der Waals surface area contributed by atoms with Crippen LogP contribution in [0.5, 0.6) is 5.75 Å². The number of carbonyl (C=O) groups excluding carboxylic acids is 2. The molecule has 9 heteroatoms. The summed E-state index contributed by atoms with van der Waals surface area (Å²) in [5, 5.41) is 0.617. The average Bonchev–Trinajstić information content (AvgIpc) is 2.84. The van der Waals surface area contributed by atoms with Crippen LogP contribution >= 0.6 is 11.6 Å². The van der Waals surface area contributed by atoms with Crippen LogP contribution in [0.4, 0.5) is 0 Å². The molecule has 3 fully saturated rings. The number of likely N-dealkylation sites (N-methyl/N-ethyl adjacent to an activating group) is 1. The third-order valence-electron chi connectivity index (χ3n) is 7.20. The molecule has 3 aliphatic rings. The lowest BCUT2D eigenvalue weighted by Gasteiger charge is -2.44. The first kappa shape index (κ1) is 25.2. The molecule has 0 N–H and O–H groups in total. The van der Waals surface area contributed by atoms with Gasteiger partial charge in [-0.2, -0.15) is 0 Å². The predicted octanol–water partition coefficient (Wildman–Crippen LogP) is 1.82. The number of piperazine rings is 1. The molecule has 34 heavy (non-hydrogen) atoms. The first-order valence-electron chi connectivity index (χ1n) is 12.4. The van der Waals surface area contributed by atoms with E-state index in [2.05, 4.69) is 16.8 Å². The summed E-state index contributed by atoms with van der Waals surface area (Å²) in [6, 6.07) is 7.35. The van der Waals surface area contributed by atoms with Gasteiger partial charge in [0.25, 0.3) is 0 Å². The monoisotopic (exact) mass is 492 g/mol. The molecule has 188 valence electrons. The van der Waals surface area contributed by atoms with Crippen LogP contribution in [-0.2, 0) is 14.3 Å². The number of hydrogen-bond donors (Lipinski definition) is 0. The Morgan fingerprint density at radius 1 is 1.03 bits per heavy atom. The summed E-state index contributed by atoms with van der Waals surface area (Å²) < 4.78 is 11.6. The number of rotatable bonds is 7. The molecule has 0 aliphatic carbocycles. The summed E-state index contributed by atoms with van der Waals surface area (Å²) in [4.78, 5) is 34.8. The van der Waals surface area contributed by atoms with Crippen molar-refractivity contribution in [2.24, 2.45) is 5.41 Å². The van der Waals surface area contributed by atoms with E-state index in [4.69, 9.17) is 21.1 Å². The van der Waals surface area contributed by atoms with Crippen LogP contribution in [0, 0.1) is 5.41 Å². The zero-order valence-corrected chi connectivity index (χ0v) is 21.0. The topological polar surface area (TPSA) is 65.6 Å². The Labute approximate surface area is 207 Å². The van der Waals surface area contributed by atoms with E-state index in [1.165, 1.54) is 0 Å². The van der Waals surface area contributed by atoms with Crippen molar-refractivity contribution in [3.63, 3.8) is 0 Å². The van der Waals surface area contributed by atoms with Crippen LogP contribution in [0.3, 0.4) is 0 Å². The Balaban J connectivity index is 1.45. The van der Waals surface area contributed by atoms with Crippen LogP contribution in [0.15, 0.2) is 24.3 Å². The highest BCUT2D eigenvalue weighted by Gasteiger charge is 2.41. The van der Waals surface area contributed by atoms with Crippen molar-refractivity contribution in [1.82, 2.24) is 19.6 Å². The minimum Gasteiger partial charge on any atom is -0.493 e. The third kappa shape index (κ3) is 6.84. The summed E-state index contributed by atoms with van der Waals surface area (Å²) >= 11 is 6.14. The molecule has 4 rings (SSSR count). The van der Waals surface area contributed by atoms with Gasteiger partial charge in [-0.1, -0.05) is 17.7 Å². The Kier molecular flexibility index (Phi) is 8.69. The second-order valence-electron chi connectivity index (χ2n) is 9.91. The van der Waals surface area contributed by atoms with Crippen molar-refractivity contribution in [3.8, 4) is 5.75 Å². The molecule has 0 spiro atoms. The number of carbonyl (C=O) groups is 2. The van der Waals surface area contributed by atoms with E-state index in [0.29, 0.717) is 50.1 Å². The van der Waals surface area contributed by atoms with Crippen LogP contribution < -0.4 is 4.74 Å². The number of ether oxygens (including phenoxy) is 2. The van der Waals surface area contributed by atoms with E-state index in [1.54, 1.807) is 6.07 Å². The number of nitrogens with zero attached hydrogens (tertiary/aromatic N) is 4. The lowest BCUT2D eigenvalue weighted by molar-refractivity contribution is -0.143. The largest absolute Gasteiger partial charge is 0.493 e. The molecule has 3 saturated heterocycles. The number of morpholine rings is 1. The summed E-state index contributed by atoms with van der Waals surface area (Å²) in [7, 11) is 2.08. The fourth-order valence-electron chi connectivity index (χ4n) is 5.07. The van der Waals surface area contributed by atoms with Gasteiger partial charge in [0.15, 0.2) is 0 Å². The van der Waals surface area contributed by atoms with E-state index in [0.717, 1.165) is 58.7 Å². The number of benzene rings is 1. The molecule has 1 atom stereocenters. The van der Waals surface area contributed by atoms with Gasteiger partial charge in [0, 0.05) is 69.2 Å². The smallest absolute Gasteiger partial charge is 0.236 e. The summed E-state index contributed by atoms with van der Waals surface area (Å²) in [6.45, 7) is 8.24. The number of halogens is 1. The van der Waals surface area contributed by atoms with Gasteiger partial charge in [0.1, 0.15) is 5.75 Å². The average molecular weight is 493 g/mol. The molecule has 0 unspecified atom stereocenters.